The molecule has 0 fully saturated rings. The van der Waals surface area contributed by atoms with Crippen molar-refractivity contribution in [3.05, 3.63) is 65.7 Å². The minimum Gasteiger partial charge on any atom is -0.396 e. The van der Waals surface area contributed by atoms with Gasteiger partial charge in [-0.2, -0.15) is 0 Å². The van der Waals surface area contributed by atoms with Gasteiger partial charge in [0.25, 0.3) is 0 Å². The molecule has 6 nitrogen and oxygen atoms in total. The van der Waals surface area contributed by atoms with Gasteiger partial charge in [-0.05, 0) is 30.5 Å². The van der Waals surface area contributed by atoms with E-state index < -0.39 is 0 Å². The summed E-state index contributed by atoms with van der Waals surface area (Å²) in [6, 6.07) is 17.9. The van der Waals surface area contributed by atoms with Crippen LogP contribution in [0.1, 0.15) is 24.0 Å². The lowest BCUT2D eigenvalue weighted by Gasteiger charge is -2.19. The second-order valence-electron chi connectivity index (χ2n) is 6.79. The average molecular weight is 380 g/mol. The number of hydrogen-bond donors (Lipinski definition) is 3. The molecular formula is C22H28N4O2. The summed E-state index contributed by atoms with van der Waals surface area (Å²) < 4.78 is 0. The number of guanidine groups is 1. The molecule has 6 heteroatoms. The predicted molar refractivity (Wildman–Crippen MR) is 113 cm³/mol. The van der Waals surface area contributed by atoms with Crippen LogP contribution in [0.25, 0.3) is 0 Å². The van der Waals surface area contributed by atoms with Gasteiger partial charge in [-0.25, -0.2) is 4.99 Å². The van der Waals surface area contributed by atoms with E-state index in [0.717, 1.165) is 17.7 Å². The number of fused-ring (bicyclic) bond motifs is 1. The summed E-state index contributed by atoms with van der Waals surface area (Å²) in [7, 11) is 0. The summed E-state index contributed by atoms with van der Waals surface area (Å²) in [4.78, 5) is 18.9. The highest BCUT2D eigenvalue weighted by Gasteiger charge is 2.23. The summed E-state index contributed by atoms with van der Waals surface area (Å²) in [6.07, 6.45) is 0.888. The Morgan fingerprint density at radius 1 is 1.14 bits per heavy atom. The van der Waals surface area contributed by atoms with Gasteiger partial charge in [0.1, 0.15) is 6.54 Å². The molecule has 0 bridgehead atoms. The number of aliphatic hydroxyl groups is 1. The lowest BCUT2D eigenvalue weighted by atomic mass is 10.0. The zero-order chi connectivity index (χ0) is 19.8. The Kier molecular flexibility index (Phi) is 7.03. The third kappa shape index (κ3) is 4.89. The van der Waals surface area contributed by atoms with Gasteiger partial charge in [-0.3, -0.25) is 4.79 Å². The van der Waals surface area contributed by atoms with Crippen LogP contribution in [0.4, 0.5) is 5.69 Å². The number of amides is 1. The van der Waals surface area contributed by atoms with Crippen LogP contribution in [0, 0.1) is 0 Å². The third-order valence-corrected chi connectivity index (χ3v) is 4.91. The number of rotatable bonds is 7. The molecule has 1 aliphatic rings. The number of carbonyl (C=O) groups excluding carboxylic acids is 1. The standard InChI is InChI=1S/C22H28N4O2/c1-2-23-22(24-14-19(16-27)17-8-4-3-5-9-17)25-15-21(28)26-13-12-18-10-6-7-11-20(18)26/h3-11,19,27H,2,12-16H2,1H3,(H2,23,24,25). The molecule has 2 aromatic carbocycles. The van der Waals surface area contributed by atoms with Gasteiger partial charge in [0.05, 0.1) is 6.61 Å². The Bertz CT molecular complexity index is 807. The number of nitrogens with zero attached hydrogens (tertiary/aromatic N) is 2. The summed E-state index contributed by atoms with van der Waals surface area (Å²) in [5, 5.41) is 16.1. The zero-order valence-corrected chi connectivity index (χ0v) is 16.3. The summed E-state index contributed by atoms with van der Waals surface area (Å²) in [5.41, 5.74) is 3.27. The molecule has 0 spiro atoms. The summed E-state index contributed by atoms with van der Waals surface area (Å²) in [6.45, 7) is 4.04. The first-order valence-electron chi connectivity index (χ1n) is 9.79. The SMILES string of the molecule is CCNC(=NCC(=O)N1CCc2ccccc21)NCC(CO)c1ccccc1. The molecule has 1 heterocycles. The highest BCUT2D eigenvalue weighted by molar-refractivity contribution is 5.98. The van der Waals surface area contributed by atoms with Gasteiger partial charge in [-0.1, -0.05) is 48.5 Å². The molecule has 3 N–H and O–H groups in total. The van der Waals surface area contributed by atoms with Gasteiger partial charge in [-0.15, -0.1) is 0 Å². The van der Waals surface area contributed by atoms with Crippen LogP contribution in [-0.4, -0.2) is 49.8 Å². The number of para-hydroxylation sites is 1. The molecule has 0 saturated carbocycles. The van der Waals surface area contributed by atoms with Gasteiger partial charge in [0, 0.05) is 31.2 Å². The second-order valence-corrected chi connectivity index (χ2v) is 6.79. The zero-order valence-electron chi connectivity index (χ0n) is 16.3. The molecule has 1 atom stereocenters. The fourth-order valence-electron chi connectivity index (χ4n) is 3.40. The minimum atomic E-state index is -0.0359. The quantitative estimate of drug-likeness (QED) is 0.507. The van der Waals surface area contributed by atoms with Crippen LogP contribution in [0.3, 0.4) is 0 Å². The molecule has 0 aliphatic carbocycles. The lowest BCUT2D eigenvalue weighted by molar-refractivity contribution is -0.117. The molecule has 3 rings (SSSR count). The molecular weight excluding hydrogens is 352 g/mol. The fourth-order valence-corrected chi connectivity index (χ4v) is 3.40. The third-order valence-electron chi connectivity index (χ3n) is 4.91. The summed E-state index contributed by atoms with van der Waals surface area (Å²) >= 11 is 0. The van der Waals surface area contributed by atoms with Crippen molar-refractivity contribution in [3.63, 3.8) is 0 Å². The Balaban J connectivity index is 1.60. The highest BCUT2D eigenvalue weighted by Crippen LogP contribution is 2.27. The van der Waals surface area contributed by atoms with Crippen molar-refractivity contribution in [1.29, 1.82) is 0 Å². The molecule has 1 aliphatic heterocycles. The first-order valence-corrected chi connectivity index (χ1v) is 9.79. The maximum atomic E-state index is 12.7. The molecule has 28 heavy (non-hydrogen) atoms. The van der Waals surface area contributed by atoms with E-state index in [1.165, 1.54) is 5.56 Å². The fraction of sp³-hybridized carbons (Fsp3) is 0.364. The molecule has 2 aromatic rings. The van der Waals surface area contributed by atoms with E-state index in [4.69, 9.17) is 0 Å². The normalized spacial score (nSPS) is 14.5. The first kappa shape index (κ1) is 19.9. The van der Waals surface area contributed by atoms with E-state index in [1.54, 1.807) is 0 Å². The van der Waals surface area contributed by atoms with Crippen molar-refractivity contribution in [2.45, 2.75) is 19.3 Å². The van der Waals surface area contributed by atoms with E-state index in [9.17, 15) is 9.90 Å². The Labute approximate surface area is 166 Å². The van der Waals surface area contributed by atoms with Crippen molar-refractivity contribution >= 4 is 17.6 Å². The van der Waals surface area contributed by atoms with Crippen molar-refractivity contribution in [1.82, 2.24) is 10.6 Å². The van der Waals surface area contributed by atoms with E-state index in [1.807, 2.05) is 60.4 Å². The highest BCUT2D eigenvalue weighted by atomic mass is 16.3. The minimum absolute atomic E-state index is 0.0103. The smallest absolute Gasteiger partial charge is 0.248 e. The maximum Gasteiger partial charge on any atom is 0.248 e. The Morgan fingerprint density at radius 3 is 2.64 bits per heavy atom. The molecule has 0 radical (unpaired) electrons. The van der Waals surface area contributed by atoms with Gasteiger partial charge in [0.15, 0.2) is 5.96 Å². The van der Waals surface area contributed by atoms with Crippen molar-refractivity contribution in [2.75, 3.05) is 37.7 Å². The van der Waals surface area contributed by atoms with Crippen LogP contribution < -0.4 is 15.5 Å². The number of hydrogen-bond acceptors (Lipinski definition) is 3. The van der Waals surface area contributed by atoms with Gasteiger partial charge < -0.3 is 20.6 Å². The number of aliphatic hydroxyl groups excluding tert-OH is 1. The van der Waals surface area contributed by atoms with Crippen LogP contribution in [0.15, 0.2) is 59.6 Å². The number of benzene rings is 2. The molecule has 0 saturated heterocycles. The van der Waals surface area contributed by atoms with E-state index in [0.29, 0.717) is 25.6 Å². The Hall–Kier alpha value is -2.86. The number of anilines is 1. The number of aliphatic imine (C=N–C) groups is 1. The topological polar surface area (TPSA) is 77.0 Å². The van der Waals surface area contributed by atoms with Crippen molar-refractivity contribution in [2.24, 2.45) is 4.99 Å². The second kappa shape index (κ2) is 9.90. The van der Waals surface area contributed by atoms with Crippen LogP contribution >= 0.6 is 0 Å². The number of carbonyl (C=O) groups is 1. The molecule has 0 aromatic heterocycles. The van der Waals surface area contributed by atoms with Gasteiger partial charge in [0.2, 0.25) is 5.91 Å². The monoisotopic (exact) mass is 380 g/mol. The van der Waals surface area contributed by atoms with E-state index >= 15 is 0 Å². The average Bonchev–Trinajstić information content (AvgIpc) is 3.17. The molecule has 148 valence electrons. The maximum absolute atomic E-state index is 12.7. The molecule has 1 amide bonds. The lowest BCUT2D eigenvalue weighted by Crippen LogP contribution is -2.41. The predicted octanol–water partition coefficient (Wildman–Crippen LogP) is 1.91. The van der Waals surface area contributed by atoms with Crippen molar-refractivity contribution in [3.8, 4) is 0 Å². The summed E-state index contributed by atoms with van der Waals surface area (Å²) in [5.74, 6) is 0.535. The van der Waals surface area contributed by atoms with Crippen molar-refractivity contribution < 1.29 is 9.90 Å². The van der Waals surface area contributed by atoms with Crippen LogP contribution in [0.2, 0.25) is 0 Å². The van der Waals surface area contributed by atoms with E-state index in [2.05, 4.69) is 21.7 Å². The molecule has 1 unspecified atom stereocenters. The van der Waals surface area contributed by atoms with Crippen LogP contribution in [-0.2, 0) is 11.2 Å². The number of nitrogens with one attached hydrogen (secondary N) is 2. The van der Waals surface area contributed by atoms with E-state index in [-0.39, 0.29) is 25.0 Å². The first-order chi connectivity index (χ1) is 13.7. The van der Waals surface area contributed by atoms with Crippen LogP contribution in [0.5, 0.6) is 0 Å². The largest absolute Gasteiger partial charge is 0.396 e. The van der Waals surface area contributed by atoms with Gasteiger partial charge >= 0.3 is 0 Å². The Morgan fingerprint density at radius 2 is 1.89 bits per heavy atom.